The number of aromatic nitrogens is 2. The van der Waals surface area contributed by atoms with Gasteiger partial charge >= 0.3 is 0 Å². The molecule has 2 aliphatic rings. The molecule has 0 aliphatic carbocycles. The molecule has 8 nitrogen and oxygen atoms in total. The number of hydrogen-bond donors (Lipinski definition) is 0. The number of halogens is 1. The average Bonchev–Trinajstić information content (AvgIpc) is 3.33. The number of para-hydroxylation sites is 1. The monoisotopic (exact) mass is 505 g/mol. The highest BCUT2D eigenvalue weighted by Gasteiger charge is 2.37. The lowest BCUT2D eigenvalue weighted by atomic mass is 9.97. The van der Waals surface area contributed by atoms with Crippen LogP contribution in [-0.2, 0) is 14.8 Å². The van der Waals surface area contributed by atoms with Crippen molar-refractivity contribution in [3.63, 3.8) is 0 Å². The van der Waals surface area contributed by atoms with E-state index >= 15 is 0 Å². The van der Waals surface area contributed by atoms with E-state index in [2.05, 4.69) is 13.6 Å². The van der Waals surface area contributed by atoms with Gasteiger partial charge in [-0.1, -0.05) is 29.8 Å². The van der Waals surface area contributed by atoms with Gasteiger partial charge in [0, 0.05) is 39.3 Å². The molecule has 1 aromatic heterocycles. The largest absolute Gasteiger partial charge is 0.367 e. The van der Waals surface area contributed by atoms with E-state index in [1.165, 1.54) is 4.31 Å². The number of rotatable bonds is 4. The van der Waals surface area contributed by atoms with E-state index in [1.54, 1.807) is 18.2 Å². The minimum atomic E-state index is -3.76. The summed E-state index contributed by atoms with van der Waals surface area (Å²) in [6.45, 7) is 3.18. The summed E-state index contributed by atoms with van der Waals surface area (Å²) in [6, 6.07) is 12.7. The minimum absolute atomic E-state index is 0.0299. The van der Waals surface area contributed by atoms with Gasteiger partial charge in [0.05, 0.1) is 28.4 Å². The zero-order valence-electron chi connectivity index (χ0n) is 17.9. The second-order valence-corrected chi connectivity index (χ2v) is 11.2. The predicted octanol–water partition coefficient (Wildman–Crippen LogP) is 3.09. The van der Waals surface area contributed by atoms with E-state index in [4.69, 9.17) is 11.6 Å². The second kappa shape index (κ2) is 9.17. The number of amides is 1. The van der Waals surface area contributed by atoms with Crippen LogP contribution in [0.3, 0.4) is 0 Å². The molecule has 1 atom stereocenters. The molecule has 3 heterocycles. The molecule has 0 radical (unpaired) electrons. The van der Waals surface area contributed by atoms with Crippen LogP contribution in [0.25, 0.3) is 11.0 Å². The fourth-order valence-corrected chi connectivity index (χ4v) is 7.16. The summed E-state index contributed by atoms with van der Waals surface area (Å²) in [4.78, 5) is 17.5. The van der Waals surface area contributed by atoms with Crippen molar-refractivity contribution in [1.29, 1.82) is 0 Å². The van der Waals surface area contributed by atoms with Crippen molar-refractivity contribution in [3.05, 3.63) is 47.5 Å². The molecule has 0 spiro atoms. The molecule has 33 heavy (non-hydrogen) atoms. The lowest BCUT2D eigenvalue weighted by Gasteiger charge is -2.39. The standard InChI is InChI=1S/C22H24ClN5O3S2/c23-17-6-1-2-8-19(17)26-11-13-27(14-12-26)22(29)16-5-4-10-28(15-16)33(30,31)20-9-3-7-18-21(20)25-32-24-18/h1-3,6-9,16H,4-5,10-15H2/t16-/m0/s1. The molecule has 2 saturated heterocycles. The first-order valence-electron chi connectivity index (χ1n) is 10.9. The van der Waals surface area contributed by atoms with Crippen LogP contribution in [0.4, 0.5) is 5.69 Å². The SMILES string of the molecule is O=C([C@H]1CCCN(S(=O)(=O)c2cccc3nsnc23)C1)N1CCN(c2ccccc2Cl)CC1. The Balaban J connectivity index is 1.27. The molecule has 174 valence electrons. The number of fused-ring (bicyclic) bond motifs is 1. The first kappa shape index (κ1) is 22.5. The lowest BCUT2D eigenvalue weighted by molar-refractivity contribution is -0.137. The summed E-state index contributed by atoms with van der Waals surface area (Å²) in [5.41, 5.74) is 1.95. The van der Waals surface area contributed by atoms with Crippen LogP contribution < -0.4 is 4.90 Å². The molecule has 0 N–H and O–H groups in total. The Bertz CT molecular complexity index is 1270. The van der Waals surface area contributed by atoms with Crippen LogP contribution in [-0.4, -0.2) is 71.5 Å². The smallest absolute Gasteiger partial charge is 0.245 e. The Hall–Kier alpha value is -2.27. The zero-order chi connectivity index (χ0) is 23.0. The minimum Gasteiger partial charge on any atom is -0.367 e. The fraction of sp³-hybridized carbons (Fsp3) is 0.409. The van der Waals surface area contributed by atoms with Crippen LogP contribution in [0.15, 0.2) is 47.4 Å². The Morgan fingerprint density at radius 3 is 2.58 bits per heavy atom. The number of carbonyl (C=O) groups is 1. The van der Waals surface area contributed by atoms with Gasteiger partial charge in [0.2, 0.25) is 15.9 Å². The van der Waals surface area contributed by atoms with Gasteiger partial charge in [0.15, 0.2) is 0 Å². The molecular formula is C22H24ClN5O3S2. The Morgan fingerprint density at radius 1 is 1.00 bits per heavy atom. The summed E-state index contributed by atoms with van der Waals surface area (Å²) < 4.78 is 36.6. The highest BCUT2D eigenvalue weighted by molar-refractivity contribution is 7.89. The van der Waals surface area contributed by atoms with Crippen LogP contribution in [0, 0.1) is 5.92 Å². The summed E-state index contributed by atoms with van der Waals surface area (Å²) >= 11 is 7.32. The van der Waals surface area contributed by atoms with E-state index < -0.39 is 10.0 Å². The number of benzene rings is 2. The maximum atomic E-state index is 13.4. The van der Waals surface area contributed by atoms with Crippen LogP contribution in [0.5, 0.6) is 0 Å². The van der Waals surface area contributed by atoms with E-state index in [1.807, 2.05) is 29.2 Å². The quantitative estimate of drug-likeness (QED) is 0.541. The Morgan fingerprint density at radius 2 is 1.79 bits per heavy atom. The molecule has 3 aromatic rings. The summed E-state index contributed by atoms with van der Waals surface area (Å²) in [5, 5.41) is 0.704. The average molecular weight is 506 g/mol. The topological polar surface area (TPSA) is 86.7 Å². The predicted molar refractivity (Wildman–Crippen MR) is 129 cm³/mol. The third-order valence-corrected chi connectivity index (χ3v) is 9.14. The molecule has 0 unspecified atom stereocenters. The van der Waals surface area contributed by atoms with Crippen LogP contribution in [0.2, 0.25) is 5.02 Å². The second-order valence-electron chi connectivity index (χ2n) is 8.35. The van der Waals surface area contributed by atoms with Crippen molar-refractivity contribution in [2.45, 2.75) is 17.7 Å². The molecule has 2 aliphatic heterocycles. The van der Waals surface area contributed by atoms with E-state index in [-0.39, 0.29) is 23.3 Å². The highest BCUT2D eigenvalue weighted by atomic mass is 35.5. The number of piperazine rings is 1. The van der Waals surface area contributed by atoms with Crippen LogP contribution >= 0.6 is 23.3 Å². The van der Waals surface area contributed by atoms with Gasteiger partial charge in [-0.2, -0.15) is 13.1 Å². The Kier molecular flexibility index (Phi) is 6.26. The summed E-state index contributed by atoms with van der Waals surface area (Å²) in [5.74, 6) is -0.310. The van der Waals surface area contributed by atoms with Crippen molar-refractivity contribution in [3.8, 4) is 0 Å². The van der Waals surface area contributed by atoms with Gasteiger partial charge in [-0.15, -0.1) is 0 Å². The number of piperidine rings is 1. The van der Waals surface area contributed by atoms with E-state index in [9.17, 15) is 13.2 Å². The maximum absolute atomic E-state index is 13.4. The van der Waals surface area contributed by atoms with Gasteiger partial charge in [-0.05, 0) is 37.1 Å². The molecule has 5 rings (SSSR count). The van der Waals surface area contributed by atoms with Crippen molar-refractivity contribution in [1.82, 2.24) is 18.0 Å². The van der Waals surface area contributed by atoms with Gasteiger partial charge in [0.25, 0.3) is 0 Å². The molecule has 0 saturated carbocycles. The normalized spacial score (nSPS) is 20.3. The van der Waals surface area contributed by atoms with Crippen molar-refractivity contribution in [2.75, 3.05) is 44.2 Å². The van der Waals surface area contributed by atoms with Crippen molar-refractivity contribution >= 4 is 56.0 Å². The molecule has 2 fully saturated rings. The number of anilines is 1. The molecule has 11 heteroatoms. The molecule has 2 aromatic carbocycles. The molecular weight excluding hydrogens is 482 g/mol. The third-order valence-electron chi connectivity index (χ3n) is 6.38. The lowest BCUT2D eigenvalue weighted by Crippen LogP contribution is -2.53. The number of hydrogen-bond acceptors (Lipinski definition) is 7. The van der Waals surface area contributed by atoms with Gasteiger partial charge in [0.1, 0.15) is 15.9 Å². The van der Waals surface area contributed by atoms with Gasteiger partial charge in [-0.3, -0.25) is 4.79 Å². The zero-order valence-corrected chi connectivity index (χ0v) is 20.3. The highest BCUT2D eigenvalue weighted by Crippen LogP contribution is 2.30. The van der Waals surface area contributed by atoms with Gasteiger partial charge in [-0.25, -0.2) is 8.42 Å². The maximum Gasteiger partial charge on any atom is 0.245 e. The first-order chi connectivity index (χ1) is 15.9. The number of nitrogens with zero attached hydrogens (tertiary/aromatic N) is 5. The first-order valence-corrected chi connectivity index (χ1v) is 13.5. The van der Waals surface area contributed by atoms with Gasteiger partial charge < -0.3 is 9.80 Å². The van der Waals surface area contributed by atoms with Crippen LogP contribution in [0.1, 0.15) is 12.8 Å². The van der Waals surface area contributed by atoms with Crippen molar-refractivity contribution < 1.29 is 13.2 Å². The summed E-state index contributed by atoms with van der Waals surface area (Å²) in [6.07, 6.45) is 1.35. The van der Waals surface area contributed by atoms with Crippen molar-refractivity contribution in [2.24, 2.45) is 5.92 Å². The third kappa shape index (κ3) is 4.32. The molecule has 1 amide bonds. The fourth-order valence-electron chi connectivity index (χ4n) is 4.63. The molecule has 0 bridgehead atoms. The Labute approximate surface area is 202 Å². The number of carbonyl (C=O) groups excluding carboxylic acids is 1. The summed E-state index contributed by atoms with van der Waals surface area (Å²) in [7, 11) is -3.76. The van der Waals surface area contributed by atoms with E-state index in [0.29, 0.717) is 61.6 Å². The number of sulfonamides is 1. The van der Waals surface area contributed by atoms with E-state index in [0.717, 1.165) is 17.4 Å².